The van der Waals surface area contributed by atoms with E-state index in [0.29, 0.717) is 5.82 Å². The summed E-state index contributed by atoms with van der Waals surface area (Å²) in [7, 11) is 0. The minimum Gasteiger partial charge on any atom is -0.455 e. The van der Waals surface area contributed by atoms with Gasteiger partial charge in [0.25, 0.3) is 0 Å². The number of rotatable bonds is 5. The van der Waals surface area contributed by atoms with Crippen LogP contribution in [-0.4, -0.2) is 9.97 Å². The summed E-state index contributed by atoms with van der Waals surface area (Å²) in [4.78, 5) is 10.5. The normalized spacial score (nSPS) is 11.5. The Bertz CT molecular complexity index is 2910. The molecule has 8 aromatic carbocycles. The van der Waals surface area contributed by atoms with Gasteiger partial charge in [0.05, 0.1) is 11.4 Å². The van der Waals surface area contributed by atoms with Gasteiger partial charge in [0.1, 0.15) is 11.2 Å². The highest BCUT2D eigenvalue weighted by molar-refractivity contribution is 6.14. The molecule has 0 saturated heterocycles. The molecule has 0 atom stereocenters. The van der Waals surface area contributed by atoms with Crippen LogP contribution < -0.4 is 0 Å². The van der Waals surface area contributed by atoms with Gasteiger partial charge in [-0.05, 0) is 68.1 Å². The van der Waals surface area contributed by atoms with Gasteiger partial charge < -0.3 is 4.42 Å². The summed E-state index contributed by atoms with van der Waals surface area (Å²) in [6, 6.07) is 63.8. The Morgan fingerprint density at radius 2 is 0.902 bits per heavy atom. The lowest BCUT2D eigenvalue weighted by Gasteiger charge is -2.14. The van der Waals surface area contributed by atoms with Gasteiger partial charge in [0.15, 0.2) is 5.82 Å². The van der Waals surface area contributed by atoms with E-state index in [4.69, 9.17) is 14.4 Å². The molecule has 0 aliphatic heterocycles. The average molecular weight is 651 g/mol. The van der Waals surface area contributed by atoms with Crippen LogP contribution in [0.3, 0.4) is 0 Å². The first kappa shape index (κ1) is 29.1. The standard InChI is InChI=1S/C48H30N2O/c1-2-13-31(14-3-1)35-16-6-9-20-39(35)44-30-45(42-23-12-22-41-40-21-10-11-24-46(40)51-47(41)42)50-48(49-44)33-27-25-32(26-28-33)43-29-34-15-4-5-17-36(34)37-18-7-8-19-38(37)43/h1-30H. The molecule has 0 amide bonds. The van der Waals surface area contributed by atoms with Gasteiger partial charge in [0, 0.05) is 27.5 Å². The molecule has 3 heteroatoms. The van der Waals surface area contributed by atoms with Crippen LogP contribution in [0.1, 0.15) is 0 Å². The van der Waals surface area contributed by atoms with Gasteiger partial charge in [-0.25, -0.2) is 9.97 Å². The SMILES string of the molecule is c1ccc(-c2ccccc2-c2cc(-c3cccc4c3oc3ccccc34)nc(-c3ccc(-c4cc5ccccc5c5ccccc45)cc3)n2)cc1. The van der Waals surface area contributed by atoms with Crippen LogP contribution in [0.2, 0.25) is 0 Å². The highest BCUT2D eigenvalue weighted by Crippen LogP contribution is 2.40. The lowest BCUT2D eigenvalue weighted by atomic mass is 9.93. The van der Waals surface area contributed by atoms with Gasteiger partial charge in [-0.1, -0.05) is 158 Å². The van der Waals surface area contributed by atoms with E-state index in [1.165, 1.54) is 27.1 Å². The van der Waals surface area contributed by atoms with Crippen LogP contribution in [0.25, 0.3) is 99.6 Å². The van der Waals surface area contributed by atoms with E-state index in [0.717, 1.165) is 66.7 Å². The maximum Gasteiger partial charge on any atom is 0.160 e. The fourth-order valence-electron chi connectivity index (χ4n) is 7.47. The molecular formula is C48H30N2O. The molecule has 0 aliphatic carbocycles. The van der Waals surface area contributed by atoms with Crippen molar-refractivity contribution in [3.05, 3.63) is 182 Å². The van der Waals surface area contributed by atoms with E-state index >= 15 is 0 Å². The summed E-state index contributed by atoms with van der Waals surface area (Å²) in [5, 5.41) is 7.15. The number of hydrogen-bond acceptors (Lipinski definition) is 3. The summed E-state index contributed by atoms with van der Waals surface area (Å²) < 4.78 is 6.49. The number of fused-ring (bicyclic) bond motifs is 6. The number of benzene rings is 8. The molecule has 3 nitrogen and oxygen atoms in total. The Hall–Kier alpha value is -6.84. The fourth-order valence-corrected chi connectivity index (χ4v) is 7.47. The zero-order valence-electron chi connectivity index (χ0n) is 27.6. The van der Waals surface area contributed by atoms with Crippen molar-refractivity contribution in [1.82, 2.24) is 9.97 Å². The molecule has 0 spiro atoms. The smallest absolute Gasteiger partial charge is 0.160 e. The number of nitrogens with zero attached hydrogens (tertiary/aromatic N) is 2. The van der Waals surface area contributed by atoms with Crippen LogP contribution >= 0.6 is 0 Å². The van der Waals surface area contributed by atoms with Gasteiger partial charge in [0.2, 0.25) is 0 Å². The molecule has 0 unspecified atom stereocenters. The highest BCUT2D eigenvalue weighted by atomic mass is 16.3. The molecule has 0 radical (unpaired) electrons. The zero-order chi connectivity index (χ0) is 33.7. The summed E-state index contributed by atoms with van der Waals surface area (Å²) in [6.45, 7) is 0. The molecule has 2 aromatic heterocycles. The number of hydrogen-bond donors (Lipinski definition) is 0. The quantitative estimate of drug-likeness (QED) is 0.174. The first-order chi connectivity index (χ1) is 25.3. The predicted molar refractivity (Wildman–Crippen MR) is 212 cm³/mol. The minimum absolute atomic E-state index is 0.661. The van der Waals surface area contributed by atoms with Crippen molar-refractivity contribution in [3.63, 3.8) is 0 Å². The van der Waals surface area contributed by atoms with Crippen molar-refractivity contribution in [2.75, 3.05) is 0 Å². The Morgan fingerprint density at radius 1 is 0.333 bits per heavy atom. The lowest BCUT2D eigenvalue weighted by Crippen LogP contribution is -1.97. The molecule has 10 rings (SSSR count). The summed E-state index contributed by atoms with van der Waals surface area (Å²) in [5.41, 5.74) is 10.9. The highest BCUT2D eigenvalue weighted by Gasteiger charge is 2.18. The van der Waals surface area contributed by atoms with Crippen molar-refractivity contribution < 1.29 is 4.42 Å². The summed E-state index contributed by atoms with van der Waals surface area (Å²) in [6.07, 6.45) is 0. The molecule has 0 saturated carbocycles. The molecule has 2 heterocycles. The van der Waals surface area contributed by atoms with Crippen molar-refractivity contribution >= 4 is 43.5 Å². The first-order valence-corrected chi connectivity index (χ1v) is 17.2. The van der Waals surface area contributed by atoms with Gasteiger partial charge >= 0.3 is 0 Å². The van der Waals surface area contributed by atoms with Crippen LogP contribution in [0.4, 0.5) is 0 Å². The Morgan fingerprint density at radius 3 is 1.73 bits per heavy atom. The van der Waals surface area contributed by atoms with Crippen molar-refractivity contribution in [1.29, 1.82) is 0 Å². The topological polar surface area (TPSA) is 38.9 Å². The average Bonchev–Trinajstić information content (AvgIpc) is 3.60. The maximum absolute atomic E-state index is 6.49. The van der Waals surface area contributed by atoms with Gasteiger partial charge in [-0.3, -0.25) is 0 Å². The van der Waals surface area contributed by atoms with Gasteiger partial charge in [-0.2, -0.15) is 0 Å². The molecule has 0 fully saturated rings. The van der Waals surface area contributed by atoms with E-state index in [-0.39, 0.29) is 0 Å². The van der Waals surface area contributed by atoms with E-state index < -0.39 is 0 Å². The summed E-state index contributed by atoms with van der Waals surface area (Å²) >= 11 is 0. The van der Waals surface area contributed by atoms with Crippen LogP contribution in [0.5, 0.6) is 0 Å². The third-order valence-corrected chi connectivity index (χ3v) is 9.92. The zero-order valence-corrected chi connectivity index (χ0v) is 27.6. The van der Waals surface area contributed by atoms with E-state index in [1.54, 1.807) is 0 Å². The molecule has 51 heavy (non-hydrogen) atoms. The molecular weight excluding hydrogens is 621 g/mol. The van der Waals surface area contributed by atoms with Crippen LogP contribution in [0, 0.1) is 0 Å². The van der Waals surface area contributed by atoms with Crippen molar-refractivity contribution in [3.8, 4) is 56.2 Å². The minimum atomic E-state index is 0.661. The predicted octanol–water partition coefficient (Wildman–Crippen LogP) is 13.0. The molecule has 0 N–H and O–H groups in total. The molecule has 0 aliphatic rings. The van der Waals surface area contributed by atoms with E-state index in [1.807, 2.05) is 18.2 Å². The third-order valence-electron chi connectivity index (χ3n) is 9.92. The number of aromatic nitrogens is 2. The molecule has 0 bridgehead atoms. The lowest BCUT2D eigenvalue weighted by molar-refractivity contribution is 0.670. The van der Waals surface area contributed by atoms with Gasteiger partial charge in [-0.15, -0.1) is 0 Å². The monoisotopic (exact) mass is 650 g/mol. The number of furan rings is 1. The second-order valence-corrected chi connectivity index (χ2v) is 12.9. The Kier molecular flexibility index (Phi) is 6.81. The first-order valence-electron chi connectivity index (χ1n) is 17.2. The Balaban J connectivity index is 1.16. The van der Waals surface area contributed by atoms with Crippen molar-refractivity contribution in [2.45, 2.75) is 0 Å². The number of para-hydroxylation sites is 2. The van der Waals surface area contributed by atoms with Crippen LogP contribution in [0.15, 0.2) is 186 Å². The third kappa shape index (κ3) is 4.98. The van der Waals surface area contributed by atoms with Crippen LogP contribution in [-0.2, 0) is 0 Å². The second-order valence-electron chi connectivity index (χ2n) is 12.9. The van der Waals surface area contributed by atoms with E-state index in [2.05, 4.69) is 164 Å². The fraction of sp³-hybridized carbons (Fsp3) is 0. The summed E-state index contributed by atoms with van der Waals surface area (Å²) in [5.74, 6) is 0.661. The molecule has 10 aromatic rings. The second kappa shape index (κ2) is 11.9. The Labute approximate surface area is 295 Å². The van der Waals surface area contributed by atoms with Crippen molar-refractivity contribution in [2.24, 2.45) is 0 Å². The molecule has 238 valence electrons. The largest absolute Gasteiger partial charge is 0.455 e. The maximum atomic E-state index is 6.49. The van der Waals surface area contributed by atoms with E-state index in [9.17, 15) is 0 Å².